The SMILES string of the molecule is Cc1cccc(C(=O)Nc2ccc(NCC(=O)NCC3CCCO3)cc2)c1. The number of hydrogen-bond donors (Lipinski definition) is 3. The van der Waals surface area contributed by atoms with Gasteiger partial charge in [0.15, 0.2) is 0 Å². The van der Waals surface area contributed by atoms with Crippen molar-refractivity contribution >= 4 is 23.2 Å². The molecule has 0 aromatic heterocycles. The van der Waals surface area contributed by atoms with Crippen LogP contribution in [-0.2, 0) is 9.53 Å². The Morgan fingerprint density at radius 2 is 1.89 bits per heavy atom. The van der Waals surface area contributed by atoms with Gasteiger partial charge in [0, 0.05) is 30.1 Å². The second-order valence-corrected chi connectivity index (χ2v) is 6.69. The van der Waals surface area contributed by atoms with Crippen LogP contribution in [0.3, 0.4) is 0 Å². The van der Waals surface area contributed by atoms with Gasteiger partial charge in [0.05, 0.1) is 12.6 Å². The molecule has 1 aliphatic rings. The van der Waals surface area contributed by atoms with Crippen LogP contribution < -0.4 is 16.0 Å². The van der Waals surface area contributed by atoms with Crippen molar-refractivity contribution in [1.29, 1.82) is 0 Å². The molecule has 2 aromatic carbocycles. The molecule has 27 heavy (non-hydrogen) atoms. The molecule has 1 atom stereocenters. The molecule has 0 spiro atoms. The Hall–Kier alpha value is -2.86. The summed E-state index contributed by atoms with van der Waals surface area (Å²) in [6.45, 7) is 3.49. The summed E-state index contributed by atoms with van der Waals surface area (Å²) in [5, 5.41) is 8.81. The van der Waals surface area contributed by atoms with Gasteiger partial charge in [-0.15, -0.1) is 0 Å². The van der Waals surface area contributed by atoms with E-state index in [-0.39, 0.29) is 24.5 Å². The summed E-state index contributed by atoms with van der Waals surface area (Å²) in [5.74, 6) is -0.213. The van der Waals surface area contributed by atoms with Crippen molar-refractivity contribution < 1.29 is 14.3 Å². The van der Waals surface area contributed by atoms with Crippen LogP contribution >= 0.6 is 0 Å². The van der Waals surface area contributed by atoms with Crippen molar-refractivity contribution in [1.82, 2.24) is 5.32 Å². The third-order valence-corrected chi connectivity index (χ3v) is 4.43. The normalized spacial score (nSPS) is 16.0. The van der Waals surface area contributed by atoms with Gasteiger partial charge in [-0.1, -0.05) is 17.7 Å². The van der Waals surface area contributed by atoms with E-state index in [1.54, 1.807) is 18.2 Å². The van der Waals surface area contributed by atoms with E-state index in [1.165, 1.54) is 0 Å². The highest BCUT2D eigenvalue weighted by atomic mass is 16.5. The summed E-state index contributed by atoms with van der Waals surface area (Å²) in [7, 11) is 0. The standard InChI is InChI=1S/C21H25N3O3/c1-15-4-2-5-16(12-15)21(26)24-18-9-7-17(8-10-18)22-14-20(25)23-13-19-6-3-11-27-19/h2,4-5,7-10,12,19,22H,3,6,11,13-14H2,1H3,(H,23,25)(H,24,26). The zero-order valence-electron chi connectivity index (χ0n) is 15.5. The number of ether oxygens (including phenoxy) is 1. The first-order valence-corrected chi connectivity index (χ1v) is 9.20. The zero-order chi connectivity index (χ0) is 19.1. The van der Waals surface area contributed by atoms with Crippen LogP contribution in [-0.4, -0.2) is 37.6 Å². The Bertz CT molecular complexity index is 784. The van der Waals surface area contributed by atoms with Crippen molar-refractivity contribution in [2.75, 3.05) is 30.3 Å². The van der Waals surface area contributed by atoms with Crippen LogP contribution in [0.25, 0.3) is 0 Å². The number of nitrogens with one attached hydrogen (secondary N) is 3. The molecular weight excluding hydrogens is 342 g/mol. The molecule has 0 saturated carbocycles. The predicted octanol–water partition coefficient (Wildman–Crippen LogP) is 2.95. The minimum Gasteiger partial charge on any atom is -0.376 e. The third-order valence-electron chi connectivity index (χ3n) is 4.43. The number of carbonyl (C=O) groups is 2. The third kappa shape index (κ3) is 5.82. The molecule has 6 heteroatoms. The first kappa shape index (κ1) is 18.9. The van der Waals surface area contributed by atoms with Crippen LogP contribution in [0.4, 0.5) is 11.4 Å². The largest absolute Gasteiger partial charge is 0.376 e. The van der Waals surface area contributed by atoms with Crippen molar-refractivity contribution in [3.63, 3.8) is 0 Å². The lowest BCUT2D eigenvalue weighted by Gasteiger charge is -2.12. The van der Waals surface area contributed by atoms with Gasteiger partial charge in [-0.3, -0.25) is 9.59 Å². The van der Waals surface area contributed by atoms with E-state index < -0.39 is 0 Å². The fraction of sp³-hybridized carbons (Fsp3) is 0.333. The predicted molar refractivity (Wildman–Crippen MR) is 106 cm³/mol. The molecule has 2 aromatic rings. The number of rotatable bonds is 7. The highest BCUT2D eigenvalue weighted by Gasteiger charge is 2.15. The highest BCUT2D eigenvalue weighted by molar-refractivity contribution is 6.04. The van der Waals surface area contributed by atoms with E-state index in [0.29, 0.717) is 17.8 Å². The molecule has 3 rings (SSSR count). The molecule has 2 amide bonds. The summed E-state index contributed by atoms with van der Waals surface area (Å²) in [5.41, 5.74) is 3.19. The summed E-state index contributed by atoms with van der Waals surface area (Å²) >= 11 is 0. The minimum absolute atomic E-state index is 0.0673. The molecule has 0 bridgehead atoms. The van der Waals surface area contributed by atoms with Crippen molar-refractivity contribution in [2.45, 2.75) is 25.9 Å². The lowest BCUT2D eigenvalue weighted by Crippen LogP contribution is -2.35. The van der Waals surface area contributed by atoms with Gasteiger partial charge >= 0.3 is 0 Å². The summed E-state index contributed by atoms with van der Waals surface area (Å²) < 4.78 is 5.48. The van der Waals surface area contributed by atoms with E-state index in [0.717, 1.165) is 30.7 Å². The molecule has 142 valence electrons. The molecule has 6 nitrogen and oxygen atoms in total. The zero-order valence-corrected chi connectivity index (χ0v) is 15.5. The Morgan fingerprint density at radius 3 is 2.59 bits per heavy atom. The van der Waals surface area contributed by atoms with E-state index in [4.69, 9.17) is 4.74 Å². The van der Waals surface area contributed by atoms with Gasteiger partial charge in [-0.05, 0) is 56.2 Å². The van der Waals surface area contributed by atoms with Gasteiger partial charge < -0.3 is 20.7 Å². The van der Waals surface area contributed by atoms with Crippen LogP contribution in [0.15, 0.2) is 48.5 Å². The number of benzene rings is 2. The van der Waals surface area contributed by atoms with E-state index in [9.17, 15) is 9.59 Å². The van der Waals surface area contributed by atoms with E-state index in [2.05, 4.69) is 16.0 Å². The van der Waals surface area contributed by atoms with Gasteiger partial charge in [0.1, 0.15) is 0 Å². The number of amides is 2. The maximum Gasteiger partial charge on any atom is 0.255 e. The maximum atomic E-state index is 12.3. The lowest BCUT2D eigenvalue weighted by molar-refractivity contribution is -0.119. The summed E-state index contributed by atoms with van der Waals surface area (Å²) in [6, 6.07) is 14.7. The molecule has 1 saturated heterocycles. The number of aryl methyl sites for hydroxylation is 1. The highest BCUT2D eigenvalue weighted by Crippen LogP contribution is 2.15. The van der Waals surface area contributed by atoms with Crippen LogP contribution in [0.2, 0.25) is 0 Å². The fourth-order valence-electron chi connectivity index (χ4n) is 2.94. The Kier molecular flexibility index (Phi) is 6.44. The quantitative estimate of drug-likeness (QED) is 0.703. The minimum atomic E-state index is -0.145. The second kappa shape index (κ2) is 9.19. The van der Waals surface area contributed by atoms with Crippen molar-refractivity contribution in [2.24, 2.45) is 0 Å². The fourth-order valence-corrected chi connectivity index (χ4v) is 2.94. The molecule has 1 aliphatic heterocycles. The number of carbonyl (C=O) groups excluding carboxylic acids is 2. The smallest absolute Gasteiger partial charge is 0.255 e. The average molecular weight is 367 g/mol. The van der Waals surface area contributed by atoms with Gasteiger partial charge in [-0.25, -0.2) is 0 Å². The monoisotopic (exact) mass is 367 g/mol. The second-order valence-electron chi connectivity index (χ2n) is 6.69. The van der Waals surface area contributed by atoms with Gasteiger partial charge in [-0.2, -0.15) is 0 Å². The molecular formula is C21H25N3O3. The topological polar surface area (TPSA) is 79.5 Å². The Balaban J connectivity index is 1.44. The van der Waals surface area contributed by atoms with Gasteiger partial charge in [0.25, 0.3) is 5.91 Å². The van der Waals surface area contributed by atoms with E-state index in [1.807, 2.05) is 37.3 Å². The summed E-state index contributed by atoms with van der Waals surface area (Å²) in [6.07, 6.45) is 2.21. The van der Waals surface area contributed by atoms with Gasteiger partial charge in [0.2, 0.25) is 5.91 Å². The van der Waals surface area contributed by atoms with Crippen LogP contribution in [0, 0.1) is 6.92 Å². The maximum absolute atomic E-state index is 12.3. The lowest BCUT2D eigenvalue weighted by atomic mass is 10.1. The molecule has 1 fully saturated rings. The van der Waals surface area contributed by atoms with Crippen LogP contribution in [0.5, 0.6) is 0 Å². The average Bonchev–Trinajstić information content (AvgIpc) is 3.19. The molecule has 3 N–H and O–H groups in total. The van der Waals surface area contributed by atoms with Crippen molar-refractivity contribution in [3.05, 3.63) is 59.7 Å². The first-order chi connectivity index (χ1) is 13.1. The Morgan fingerprint density at radius 1 is 1.11 bits per heavy atom. The van der Waals surface area contributed by atoms with E-state index >= 15 is 0 Å². The Labute approximate surface area is 159 Å². The molecule has 0 radical (unpaired) electrons. The first-order valence-electron chi connectivity index (χ1n) is 9.20. The summed E-state index contributed by atoms with van der Waals surface area (Å²) in [4.78, 5) is 24.1. The van der Waals surface area contributed by atoms with Crippen molar-refractivity contribution in [3.8, 4) is 0 Å². The van der Waals surface area contributed by atoms with Crippen LogP contribution in [0.1, 0.15) is 28.8 Å². The molecule has 0 aliphatic carbocycles. The molecule has 1 unspecified atom stereocenters. The number of hydrogen-bond acceptors (Lipinski definition) is 4. The molecule has 1 heterocycles. The number of anilines is 2.